The molecule has 0 aliphatic carbocycles. The van der Waals surface area contributed by atoms with Crippen molar-refractivity contribution in [3.8, 4) is 0 Å². The van der Waals surface area contributed by atoms with Gasteiger partial charge in [0, 0.05) is 30.3 Å². The summed E-state index contributed by atoms with van der Waals surface area (Å²) >= 11 is 5.92. The van der Waals surface area contributed by atoms with Gasteiger partial charge in [-0.15, -0.1) is 0 Å². The van der Waals surface area contributed by atoms with Gasteiger partial charge in [0.25, 0.3) is 0 Å². The van der Waals surface area contributed by atoms with Gasteiger partial charge in [-0.05, 0) is 48.7 Å². The van der Waals surface area contributed by atoms with Crippen molar-refractivity contribution in [3.05, 3.63) is 64.7 Å². The number of piperidine rings is 1. The molecule has 9 heteroatoms. The molecular weight excluding hydrogens is 433 g/mol. The van der Waals surface area contributed by atoms with Crippen molar-refractivity contribution in [2.45, 2.75) is 30.7 Å². The van der Waals surface area contributed by atoms with Crippen LogP contribution in [0.3, 0.4) is 0 Å². The van der Waals surface area contributed by atoms with Crippen LogP contribution in [-0.4, -0.2) is 48.4 Å². The third-order valence-corrected chi connectivity index (χ3v) is 6.14. The molecule has 0 saturated carbocycles. The molecule has 0 aromatic heterocycles. The van der Waals surface area contributed by atoms with Crippen LogP contribution in [0.2, 0.25) is 5.02 Å². The lowest BCUT2D eigenvalue weighted by Crippen LogP contribution is -2.45. The van der Waals surface area contributed by atoms with Gasteiger partial charge in [-0.1, -0.05) is 29.8 Å². The molecule has 2 saturated heterocycles. The Balaban J connectivity index is 1.35. The monoisotopic (exact) mass is 454 g/mol. The maximum atomic E-state index is 13.0. The normalized spacial score (nSPS) is 21.9. The van der Waals surface area contributed by atoms with E-state index in [0.717, 1.165) is 17.7 Å². The number of hydrogen-bond acceptors (Lipinski definition) is 4. The van der Waals surface area contributed by atoms with Gasteiger partial charge in [-0.25, -0.2) is 4.79 Å². The Labute approximate surface area is 183 Å². The number of rotatable bonds is 4. The number of halogens is 4. The van der Waals surface area contributed by atoms with Crippen LogP contribution in [0.4, 0.5) is 23.7 Å². The summed E-state index contributed by atoms with van der Waals surface area (Å²) < 4.78 is 44.3. The fraction of sp³-hybridized carbons (Fsp3) is 0.409. The molecule has 4 rings (SSSR count). The van der Waals surface area contributed by atoms with Crippen LogP contribution in [0.15, 0.2) is 48.5 Å². The minimum Gasteiger partial charge on any atom is -0.443 e. The highest BCUT2D eigenvalue weighted by atomic mass is 35.5. The van der Waals surface area contributed by atoms with Gasteiger partial charge in [-0.3, -0.25) is 9.80 Å². The quantitative estimate of drug-likeness (QED) is 0.729. The number of anilines is 1. The number of nitrogens with zero attached hydrogens (tertiary/aromatic N) is 2. The van der Waals surface area contributed by atoms with E-state index < -0.39 is 29.5 Å². The Morgan fingerprint density at radius 1 is 1.13 bits per heavy atom. The summed E-state index contributed by atoms with van der Waals surface area (Å²) in [5.74, 6) is 0. The van der Waals surface area contributed by atoms with Crippen LogP contribution >= 0.6 is 11.6 Å². The number of likely N-dealkylation sites (tertiary alicyclic amines) is 1. The minimum absolute atomic E-state index is 0.165. The summed E-state index contributed by atoms with van der Waals surface area (Å²) in [5, 5.41) is 11.6. The maximum Gasteiger partial charge on any atom is 0.416 e. The van der Waals surface area contributed by atoms with Crippen LogP contribution in [0.5, 0.6) is 0 Å². The molecule has 0 radical (unpaired) electrons. The van der Waals surface area contributed by atoms with Crippen molar-refractivity contribution in [1.29, 1.82) is 0 Å². The fourth-order valence-corrected chi connectivity index (χ4v) is 4.25. The van der Waals surface area contributed by atoms with Crippen molar-refractivity contribution in [3.63, 3.8) is 0 Å². The van der Waals surface area contributed by atoms with Gasteiger partial charge in [-0.2, -0.15) is 13.2 Å². The lowest BCUT2D eigenvalue weighted by Gasteiger charge is -2.39. The molecule has 1 unspecified atom stereocenters. The Morgan fingerprint density at radius 2 is 1.81 bits per heavy atom. The van der Waals surface area contributed by atoms with E-state index in [1.54, 1.807) is 12.1 Å². The zero-order valence-electron chi connectivity index (χ0n) is 16.6. The van der Waals surface area contributed by atoms with E-state index in [4.69, 9.17) is 16.3 Å². The van der Waals surface area contributed by atoms with Crippen LogP contribution in [0.25, 0.3) is 0 Å². The van der Waals surface area contributed by atoms with E-state index in [-0.39, 0.29) is 12.2 Å². The zero-order chi connectivity index (χ0) is 22.2. The second-order valence-corrected chi connectivity index (χ2v) is 8.44. The summed E-state index contributed by atoms with van der Waals surface area (Å²) in [5.41, 5.74) is -0.756. The summed E-state index contributed by atoms with van der Waals surface area (Å²) in [4.78, 5) is 15.6. The predicted molar refractivity (Wildman–Crippen MR) is 110 cm³/mol. The van der Waals surface area contributed by atoms with Gasteiger partial charge in [0.05, 0.1) is 17.7 Å². The maximum absolute atomic E-state index is 13.0. The van der Waals surface area contributed by atoms with Crippen molar-refractivity contribution in [1.82, 2.24) is 4.90 Å². The lowest BCUT2D eigenvalue weighted by atomic mass is 9.84. The Bertz CT molecular complexity index is 944. The Morgan fingerprint density at radius 3 is 2.45 bits per heavy atom. The first-order valence-corrected chi connectivity index (χ1v) is 10.4. The number of carbonyl (C=O) groups is 1. The third kappa shape index (κ3) is 4.81. The first-order valence-electron chi connectivity index (χ1n) is 10.0. The summed E-state index contributed by atoms with van der Waals surface area (Å²) in [6.07, 6.45) is -4.55. The molecule has 2 heterocycles. The number of alkyl halides is 3. The van der Waals surface area contributed by atoms with Crippen LogP contribution in [0.1, 0.15) is 24.0 Å². The number of carbonyl (C=O) groups excluding carboxylic acids is 1. The molecule has 2 aromatic rings. The molecule has 5 nitrogen and oxygen atoms in total. The van der Waals surface area contributed by atoms with Gasteiger partial charge in [0.1, 0.15) is 6.10 Å². The van der Waals surface area contributed by atoms with Gasteiger partial charge < -0.3 is 9.84 Å². The molecular formula is C22H22ClF3N2O3. The molecule has 1 atom stereocenters. The minimum atomic E-state index is -4.48. The molecule has 2 aliphatic rings. The molecule has 166 valence electrons. The Hall–Kier alpha value is -2.29. The highest BCUT2D eigenvalue weighted by Gasteiger charge is 2.38. The summed E-state index contributed by atoms with van der Waals surface area (Å²) in [6.45, 7) is 1.85. The standard InChI is InChI=1S/C22H22ClF3N2O3/c23-17-6-4-15(5-7-17)21(30)8-10-27(11-9-21)13-19-14-28(20(29)31-19)18-3-1-2-16(12-18)22(24,25)26/h1-7,12,19,30H,8-11,13-14H2. The number of aliphatic hydroxyl groups is 1. The van der Waals surface area contributed by atoms with Crippen molar-refractivity contribution < 1.29 is 27.8 Å². The van der Waals surface area contributed by atoms with Crippen molar-refractivity contribution >= 4 is 23.4 Å². The van der Waals surface area contributed by atoms with E-state index in [9.17, 15) is 23.1 Å². The van der Waals surface area contributed by atoms with Crippen LogP contribution in [0, 0.1) is 0 Å². The number of ether oxygens (including phenoxy) is 1. The van der Waals surface area contributed by atoms with E-state index in [1.165, 1.54) is 17.0 Å². The Kier molecular flexibility index (Phi) is 5.89. The molecule has 0 spiro atoms. The molecule has 0 bridgehead atoms. The lowest BCUT2D eigenvalue weighted by molar-refractivity contribution is -0.137. The predicted octanol–water partition coefficient (Wildman–Crippen LogP) is 4.67. The van der Waals surface area contributed by atoms with E-state index in [2.05, 4.69) is 4.90 Å². The van der Waals surface area contributed by atoms with Crippen molar-refractivity contribution in [2.24, 2.45) is 0 Å². The number of cyclic esters (lactones) is 1. The topological polar surface area (TPSA) is 53.0 Å². The first-order chi connectivity index (χ1) is 14.6. The van der Waals surface area contributed by atoms with Crippen LogP contribution in [-0.2, 0) is 16.5 Å². The highest BCUT2D eigenvalue weighted by molar-refractivity contribution is 6.30. The SMILES string of the molecule is O=C1OC(CN2CCC(O)(c3ccc(Cl)cc3)CC2)CN1c1cccc(C(F)(F)F)c1. The third-order valence-electron chi connectivity index (χ3n) is 5.89. The van der Waals surface area contributed by atoms with E-state index in [1.807, 2.05) is 12.1 Å². The average Bonchev–Trinajstić information content (AvgIpc) is 3.10. The van der Waals surface area contributed by atoms with Crippen LogP contribution < -0.4 is 4.90 Å². The molecule has 1 N–H and O–H groups in total. The summed E-state index contributed by atoms with van der Waals surface area (Å²) in [6, 6.07) is 11.8. The zero-order valence-corrected chi connectivity index (χ0v) is 17.4. The highest BCUT2D eigenvalue weighted by Crippen LogP contribution is 2.35. The number of benzene rings is 2. The molecule has 31 heavy (non-hydrogen) atoms. The molecule has 2 aromatic carbocycles. The number of amides is 1. The van der Waals surface area contributed by atoms with Gasteiger partial charge >= 0.3 is 12.3 Å². The summed E-state index contributed by atoms with van der Waals surface area (Å²) in [7, 11) is 0. The molecule has 2 aliphatic heterocycles. The van der Waals surface area contributed by atoms with E-state index >= 15 is 0 Å². The van der Waals surface area contributed by atoms with Gasteiger partial charge in [0.15, 0.2) is 0 Å². The van der Waals surface area contributed by atoms with E-state index in [0.29, 0.717) is 37.5 Å². The molecule has 2 fully saturated rings. The second kappa shape index (κ2) is 8.33. The average molecular weight is 455 g/mol. The van der Waals surface area contributed by atoms with Gasteiger partial charge in [0.2, 0.25) is 0 Å². The van der Waals surface area contributed by atoms with Crippen molar-refractivity contribution in [2.75, 3.05) is 31.1 Å². The largest absolute Gasteiger partial charge is 0.443 e. The second-order valence-electron chi connectivity index (χ2n) is 8.00. The first kappa shape index (κ1) is 21.9. The fourth-order valence-electron chi connectivity index (χ4n) is 4.12. The number of hydrogen-bond donors (Lipinski definition) is 1. The molecule has 1 amide bonds. The smallest absolute Gasteiger partial charge is 0.416 e.